The molecule has 4 nitrogen and oxygen atoms in total. The average molecular weight is 250 g/mol. The van der Waals surface area contributed by atoms with Gasteiger partial charge in [-0.05, 0) is 12.8 Å². The molecular weight excluding hydrogens is 224 g/mol. The molecule has 0 bridgehead atoms. The number of hydrogen-bond donors (Lipinski definition) is 2. The molecule has 0 amide bonds. The second-order valence-electron chi connectivity index (χ2n) is 4.94. The van der Waals surface area contributed by atoms with Crippen LogP contribution < -0.4 is 10.6 Å². The fourth-order valence-electron chi connectivity index (χ4n) is 1.86. The lowest BCUT2D eigenvalue weighted by atomic mass is 10.1. The van der Waals surface area contributed by atoms with E-state index in [0.29, 0.717) is 12.0 Å². The zero-order chi connectivity index (χ0) is 13.5. The Morgan fingerprint density at radius 1 is 1.17 bits per heavy atom. The third-order valence-electron chi connectivity index (χ3n) is 3.00. The molecule has 1 rings (SSSR count). The quantitative estimate of drug-likeness (QED) is 0.776. The monoisotopic (exact) mass is 250 g/mol. The van der Waals surface area contributed by atoms with E-state index in [-0.39, 0.29) is 0 Å². The van der Waals surface area contributed by atoms with Crippen LogP contribution in [0.5, 0.6) is 0 Å². The minimum atomic E-state index is 0.338. The summed E-state index contributed by atoms with van der Waals surface area (Å²) in [5.74, 6) is 3.03. The summed E-state index contributed by atoms with van der Waals surface area (Å²) in [5.41, 5.74) is 0. The molecule has 1 aromatic rings. The van der Waals surface area contributed by atoms with E-state index in [0.717, 1.165) is 23.9 Å². The van der Waals surface area contributed by atoms with Gasteiger partial charge in [0.25, 0.3) is 0 Å². The molecule has 0 spiro atoms. The predicted octanol–water partition coefficient (Wildman–Crippen LogP) is 3.63. The highest BCUT2D eigenvalue weighted by molar-refractivity contribution is 5.48. The second-order valence-corrected chi connectivity index (χ2v) is 4.94. The van der Waals surface area contributed by atoms with Crippen LogP contribution in [0.25, 0.3) is 0 Å². The molecule has 4 heteroatoms. The van der Waals surface area contributed by atoms with Crippen molar-refractivity contribution in [3.8, 4) is 0 Å². The number of nitrogens with zero attached hydrogens (tertiary/aromatic N) is 2. The highest BCUT2D eigenvalue weighted by Gasteiger charge is 2.10. The molecule has 0 radical (unpaired) electrons. The first kappa shape index (κ1) is 14.7. The lowest BCUT2D eigenvalue weighted by Crippen LogP contribution is -2.19. The topological polar surface area (TPSA) is 49.8 Å². The van der Waals surface area contributed by atoms with Gasteiger partial charge in [0.2, 0.25) is 0 Å². The van der Waals surface area contributed by atoms with Crippen molar-refractivity contribution in [3.05, 3.63) is 11.9 Å². The van der Waals surface area contributed by atoms with Gasteiger partial charge in [-0.1, -0.05) is 34.1 Å². The molecule has 2 N–H and O–H groups in total. The minimum absolute atomic E-state index is 0.338. The maximum absolute atomic E-state index is 4.59. The molecule has 102 valence electrons. The summed E-state index contributed by atoms with van der Waals surface area (Å²) in [6.07, 6.45) is 3.47. The first-order chi connectivity index (χ1) is 8.60. The van der Waals surface area contributed by atoms with Crippen LogP contribution in [-0.2, 0) is 0 Å². The molecule has 0 fully saturated rings. The number of nitrogens with one attached hydrogen (secondary N) is 2. The molecule has 0 aliphatic heterocycles. The van der Waals surface area contributed by atoms with Crippen LogP contribution in [0, 0.1) is 0 Å². The van der Waals surface area contributed by atoms with Crippen LogP contribution in [0.3, 0.4) is 0 Å². The SMILES string of the molecule is CCCC(CC)Nc1cc(NC)nc(C(C)C)n1. The first-order valence-electron chi connectivity index (χ1n) is 6.93. The Labute approximate surface area is 111 Å². The highest BCUT2D eigenvalue weighted by Crippen LogP contribution is 2.18. The molecule has 0 saturated heterocycles. The van der Waals surface area contributed by atoms with Crippen molar-refractivity contribution in [1.29, 1.82) is 0 Å². The van der Waals surface area contributed by atoms with Gasteiger partial charge in [-0.25, -0.2) is 9.97 Å². The van der Waals surface area contributed by atoms with Crippen molar-refractivity contribution >= 4 is 11.6 Å². The minimum Gasteiger partial charge on any atom is -0.373 e. The molecule has 1 aromatic heterocycles. The Morgan fingerprint density at radius 3 is 2.33 bits per heavy atom. The fraction of sp³-hybridized carbons (Fsp3) is 0.714. The van der Waals surface area contributed by atoms with Crippen molar-refractivity contribution in [1.82, 2.24) is 9.97 Å². The van der Waals surface area contributed by atoms with E-state index in [4.69, 9.17) is 0 Å². The van der Waals surface area contributed by atoms with Crippen LogP contribution >= 0.6 is 0 Å². The van der Waals surface area contributed by atoms with Gasteiger partial charge < -0.3 is 10.6 Å². The Morgan fingerprint density at radius 2 is 1.83 bits per heavy atom. The van der Waals surface area contributed by atoms with E-state index in [1.807, 2.05) is 13.1 Å². The third kappa shape index (κ3) is 4.17. The van der Waals surface area contributed by atoms with Crippen molar-refractivity contribution in [2.75, 3.05) is 17.7 Å². The lowest BCUT2D eigenvalue weighted by Gasteiger charge is -2.18. The number of aromatic nitrogens is 2. The van der Waals surface area contributed by atoms with Gasteiger partial charge in [-0.3, -0.25) is 0 Å². The number of rotatable bonds is 7. The predicted molar refractivity (Wildman–Crippen MR) is 78.3 cm³/mol. The summed E-state index contributed by atoms with van der Waals surface area (Å²) in [4.78, 5) is 9.06. The Kier molecular flexibility index (Phi) is 5.89. The average Bonchev–Trinajstić information content (AvgIpc) is 2.37. The second kappa shape index (κ2) is 7.19. The van der Waals surface area contributed by atoms with Crippen molar-refractivity contribution in [2.45, 2.75) is 58.9 Å². The first-order valence-corrected chi connectivity index (χ1v) is 6.93. The molecular formula is C14H26N4. The van der Waals surface area contributed by atoms with Crippen LogP contribution in [-0.4, -0.2) is 23.1 Å². The molecule has 0 aromatic carbocycles. The fourth-order valence-corrected chi connectivity index (χ4v) is 1.86. The molecule has 1 heterocycles. The zero-order valence-electron chi connectivity index (χ0n) is 12.2. The standard InChI is InChI=1S/C14H26N4/c1-6-8-11(7-2)16-13-9-12(15-5)17-14(18-13)10(3)4/h9-11H,6-8H2,1-5H3,(H2,15,16,17,18). The summed E-state index contributed by atoms with van der Waals surface area (Å²) in [6.45, 7) is 8.64. The summed E-state index contributed by atoms with van der Waals surface area (Å²) in [6, 6.07) is 2.47. The maximum atomic E-state index is 4.59. The van der Waals surface area contributed by atoms with E-state index in [1.165, 1.54) is 12.8 Å². The van der Waals surface area contributed by atoms with E-state index in [2.05, 4.69) is 48.3 Å². The van der Waals surface area contributed by atoms with Gasteiger partial charge in [0.15, 0.2) is 0 Å². The van der Waals surface area contributed by atoms with Crippen molar-refractivity contribution < 1.29 is 0 Å². The maximum Gasteiger partial charge on any atom is 0.135 e. The zero-order valence-corrected chi connectivity index (χ0v) is 12.2. The van der Waals surface area contributed by atoms with Crippen molar-refractivity contribution in [2.24, 2.45) is 0 Å². The third-order valence-corrected chi connectivity index (χ3v) is 3.00. The molecule has 1 unspecified atom stereocenters. The van der Waals surface area contributed by atoms with Crippen LogP contribution in [0.1, 0.15) is 58.7 Å². The molecule has 0 aliphatic carbocycles. The molecule has 1 atom stereocenters. The van der Waals surface area contributed by atoms with E-state index >= 15 is 0 Å². The number of hydrogen-bond acceptors (Lipinski definition) is 4. The van der Waals surface area contributed by atoms with Crippen LogP contribution in [0.2, 0.25) is 0 Å². The van der Waals surface area contributed by atoms with Gasteiger partial charge in [0.05, 0.1) is 0 Å². The van der Waals surface area contributed by atoms with Crippen LogP contribution in [0.15, 0.2) is 6.07 Å². The van der Waals surface area contributed by atoms with Gasteiger partial charge in [0, 0.05) is 25.1 Å². The Bertz CT molecular complexity index is 363. The highest BCUT2D eigenvalue weighted by atomic mass is 15.1. The van der Waals surface area contributed by atoms with Crippen molar-refractivity contribution in [3.63, 3.8) is 0 Å². The Hall–Kier alpha value is -1.32. The molecule has 0 aliphatic rings. The number of anilines is 2. The lowest BCUT2D eigenvalue weighted by molar-refractivity contribution is 0.619. The van der Waals surface area contributed by atoms with Gasteiger partial charge in [-0.15, -0.1) is 0 Å². The normalized spacial score (nSPS) is 12.6. The smallest absolute Gasteiger partial charge is 0.135 e. The Balaban J connectivity index is 2.89. The van der Waals surface area contributed by atoms with Gasteiger partial charge in [-0.2, -0.15) is 0 Å². The summed E-state index contributed by atoms with van der Waals surface area (Å²) in [5, 5.41) is 6.60. The van der Waals surface area contributed by atoms with E-state index in [1.54, 1.807) is 0 Å². The summed E-state index contributed by atoms with van der Waals surface area (Å²) < 4.78 is 0. The largest absolute Gasteiger partial charge is 0.373 e. The molecule has 0 saturated carbocycles. The molecule has 18 heavy (non-hydrogen) atoms. The summed E-state index contributed by atoms with van der Waals surface area (Å²) >= 11 is 0. The summed E-state index contributed by atoms with van der Waals surface area (Å²) in [7, 11) is 1.89. The van der Waals surface area contributed by atoms with E-state index in [9.17, 15) is 0 Å². The van der Waals surface area contributed by atoms with Gasteiger partial charge >= 0.3 is 0 Å². The van der Waals surface area contributed by atoms with Crippen LogP contribution in [0.4, 0.5) is 11.6 Å². The van der Waals surface area contributed by atoms with E-state index < -0.39 is 0 Å². The van der Waals surface area contributed by atoms with Gasteiger partial charge in [0.1, 0.15) is 17.5 Å².